The minimum absolute atomic E-state index is 0.136. The fraction of sp³-hybridized carbons (Fsp3) is 0.800. The smallest absolute Gasteiger partial charge is 0.367 e. The SMILES string of the molecule is CCCC(CCO)SC(=O)OCC.O=C(O)S. The van der Waals surface area contributed by atoms with E-state index in [1.165, 1.54) is 11.8 Å². The van der Waals surface area contributed by atoms with Crippen LogP contribution in [-0.2, 0) is 4.74 Å². The highest BCUT2D eigenvalue weighted by Crippen LogP contribution is 2.21. The lowest BCUT2D eigenvalue weighted by molar-refractivity contribution is 0.181. The highest BCUT2D eigenvalue weighted by Gasteiger charge is 2.13. The maximum absolute atomic E-state index is 11.1. The number of carboxylic acid groups (broad SMARTS) is 1. The van der Waals surface area contributed by atoms with Crippen LogP contribution >= 0.6 is 24.4 Å². The van der Waals surface area contributed by atoms with Gasteiger partial charge in [0.1, 0.15) is 0 Å². The third-order valence-electron chi connectivity index (χ3n) is 1.59. The van der Waals surface area contributed by atoms with Crippen molar-refractivity contribution in [1.29, 1.82) is 0 Å². The molecule has 0 amide bonds. The first-order valence-electron chi connectivity index (χ1n) is 5.34. The van der Waals surface area contributed by atoms with Crippen molar-refractivity contribution >= 4 is 35.0 Å². The fourth-order valence-electron chi connectivity index (χ4n) is 1.02. The standard InChI is InChI=1S/C9H18O3S.CH2O2S/c1-3-5-8(6-7-10)13-9(11)12-4-2;2-1(3)4/h8,10H,3-7H2,1-2H3;4H,(H,2,3). The second kappa shape index (κ2) is 13.7. The Bertz CT molecular complexity index is 201. The minimum Gasteiger partial charge on any atom is -0.473 e. The minimum atomic E-state index is -1.14. The van der Waals surface area contributed by atoms with Gasteiger partial charge >= 0.3 is 10.6 Å². The number of rotatable bonds is 6. The summed E-state index contributed by atoms with van der Waals surface area (Å²) in [5.41, 5.74) is 0. The van der Waals surface area contributed by atoms with Gasteiger partial charge in [-0.05, 0) is 31.5 Å². The molecule has 0 saturated heterocycles. The molecular weight excluding hydrogens is 264 g/mol. The molecule has 0 aromatic rings. The van der Waals surface area contributed by atoms with Gasteiger partial charge in [-0.2, -0.15) is 0 Å². The van der Waals surface area contributed by atoms with Crippen molar-refractivity contribution in [2.45, 2.75) is 38.4 Å². The first kappa shape index (κ1) is 19.0. The number of aliphatic hydroxyl groups excluding tert-OH is 1. The van der Waals surface area contributed by atoms with Gasteiger partial charge in [-0.25, -0.2) is 9.59 Å². The maximum Gasteiger partial charge on any atom is 0.367 e. The molecule has 0 rings (SSSR count). The molecule has 1 unspecified atom stereocenters. The maximum atomic E-state index is 11.1. The quantitative estimate of drug-likeness (QED) is 0.513. The lowest BCUT2D eigenvalue weighted by atomic mass is 10.2. The Morgan fingerprint density at radius 3 is 2.24 bits per heavy atom. The zero-order chi connectivity index (χ0) is 13.7. The van der Waals surface area contributed by atoms with Gasteiger partial charge in [0.15, 0.2) is 0 Å². The van der Waals surface area contributed by atoms with Gasteiger partial charge in [0.25, 0.3) is 0 Å². The second-order valence-corrected chi connectivity index (χ2v) is 4.62. The summed E-state index contributed by atoms with van der Waals surface area (Å²) in [5, 5.41) is 14.9. The van der Waals surface area contributed by atoms with E-state index in [1.807, 2.05) is 0 Å². The van der Waals surface area contributed by atoms with Gasteiger partial charge in [-0.3, -0.25) is 0 Å². The molecule has 0 aromatic carbocycles. The van der Waals surface area contributed by atoms with E-state index in [0.29, 0.717) is 13.0 Å². The molecule has 0 heterocycles. The zero-order valence-electron chi connectivity index (χ0n) is 10.1. The first-order valence-corrected chi connectivity index (χ1v) is 6.66. The largest absolute Gasteiger partial charge is 0.473 e. The lowest BCUT2D eigenvalue weighted by Crippen LogP contribution is -2.09. The predicted octanol–water partition coefficient (Wildman–Crippen LogP) is 3.02. The average molecular weight is 284 g/mol. The zero-order valence-corrected chi connectivity index (χ0v) is 11.8. The molecule has 7 heteroatoms. The van der Waals surface area contributed by atoms with Gasteiger partial charge in [0.2, 0.25) is 0 Å². The van der Waals surface area contributed by atoms with Gasteiger partial charge in [-0.1, -0.05) is 26.0 Å². The van der Waals surface area contributed by atoms with Crippen molar-refractivity contribution in [3.05, 3.63) is 0 Å². The van der Waals surface area contributed by atoms with Crippen LogP contribution in [-0.4, -0.2) is 39.3 Å². The molecule has 2 N–H and O–H groups in total. The molecule has 0 bridgehead atoms. The lowest BCUT2D eigenvalue weighted by Gasteiger charge is -2.12. The third kappa shape index (κ3) is 18.2. The van der Waals surface area contributed by atoms with Crippen molar-refractivity contribution in [3.8, 4) is 0 Å². The van der Waals surface area contributed by atoms with Crippen molar-refractivity contribution in [1.82, 2.24) is 0 Å². The molecule has 0 aliphatic heterocycles. The van der Waals surface area contributed by atoms with Crippen LogP contribution in [0.2, 0.25) is 0 Å². The Kier molecular flexibility index (Phi) is 15.2. The molecule has 1 atom stereocenters. The number of carbonyl (C=O) groups is 2. The Hall–Kier alpha value is -0.400. The topological polar surface area (TPSA) is 83.8 Å². The summed E-state index contributed by atoms with van der Waals surface area (Å²) in [6.07, 6.45) is 2.64. The fourth-order valence-corrected chi connectivity index (χ4v) is 2.05. The number of carbonyl (C=O) groups excluding carboxylic acids is 1. The number of hydrogen-bond acceptors (Lipinski definition) is 5. The van der Waals surface area contributed by atoms with Gasteiger partial charge in [-0.15, -0.1) is 0 Å². The Morgan fingerprint density at radius 1 is 1.35 bits per heavy atom. The van der Waals surface area contributed by atoms with Crippen LogP contribution in [0, 0.1) is 0 Å². The molecule has 0 saturated carbocycles. The van der Waals surface area contributed by atoms with Crippen molar-refractivity contribution in [2.75, 3.05) is 13.2 Å². The van der Waals surface area contributed by atoms with E-state index in [2.05, 4.69) is 19.6 Å². The second-order valence-electron chi connectivity index (χ2n) is 3.01. The summed E-state index contributed by atoms with van der Waals surface area (Å²) in [6, 6.07) is 0. The van der Waals surface area contributed by atoms with Crippen molar-refractivity contribution < 1.29 is 24.5 Å². The van der Waals surface area contributed by atoms with Gasteiger partial charge in [0.05, 0.1) is 6.61 Å². The highest BCUT2D eigenvalue weighted by atomic mass is 32.2. The molecule has 5 nitrogen and oxygen atoms in total. The number of thiol groups is 1. The summed E-state index contributed by atoms with van der Waals surface area (Å²) in [7, 11) is 0. The van der Waals surface area contributed by atoms with Gasteiger partial charge < -0.3 is 14.9 Å². The molecular formula is C10H20O5S2. The van der Waals surface area contributed by atoms with Crippen molar-refractivity contribution in [2.24, 2.45) is 0 Å². The highest BCUT2D eigenvalue weighted by molar-refractivity contribution is 8.13. The van der Waals surface area contributed by atoms with Crippen LogP contribution in [0.3, 0.4) is 0 Å². The number of thioether (sulfide) groups is 1. The van der Waals surface area contributed by atoms with E-state index in [4.69, 9.17) is 19.7 Å². The molecule has 17 heavy (non-hydrogen) atoms. The van der Waals surface area contributed by atoms with Crippen LogP contribution in [0.1, 0.15) is 33.1 Å². The van der Waals surface area contributed by atoms with Crippen LogP contribution in [0.25, 0.3) is 0 Å². The average Bonchev–Trinajstić information content (AvgIpc) is 2.17. The van der Waals surface area contributed by atoms with Crippen LogP contribution < -0.4 is 0 Å². The van der Waals surface area contributed by atoms with E-state index in [1.54, 1.807) is 6.92 Å². The normalized spacial score (nSPS) is 11.1. The molecule has 0 fully saturated rings. The first-order chi connectivity index (χ1) is 7.97. The van der Waals surface area contributed by atoms with E-state index >= 15 is 0 Å². The molecule has 0 aliphatic rings. The molecule has 0 aromatic heterocycles. The summed E-state index contributed by atoms with van der Waals surface area (Å²) >= 11 is 4.08. The van der Waals surface area contributed by atoms with Gasteiger partial charge in [0, 0.05) is 11.9 Å². The monoisotopic (exact) mass is 284 g/mol. The van der Waals surface area contributed by atoms with E-state index in [9.17, 15) is 4.79 Å². The van der Waals surface area contributed by atoms with Crippen LogP contribution in [0.5, 0.6) is 0 Å². The summed E-state index contributed by atoms with van der Waals surface area (Å²) in [6.45, 7) is 4.41. The number of ether oxygens (including phenoxy) is 1. The molecule has 0 aliphatic carbocycles. The van der Waals surface area contributed by atoms with Crippen LogP contribution in [0.15, 0.2) is 0 Å². The summed E-state index contributed by atoms with van der Waals surface area (Å²) in [4.78, 5) is 19.9. The molecule has 0 radical (unpaired) electrons. The summed E-state index contributed by atoms with van der Waals surface area (Å²) in [5.74, 6) is 0. The number of hydrogen-bond donors (Lipinski definition) is 3. The Labute approximate surface area is 111 Å². The third-order valence-corrected chi connectivity index (χ3v) is 2.70. The molecule has 102 valence electrons. The van der Waals surface area contributed by atoms with E-state index in [-0.39, 0.29) is 17.2 Å². The molecule has 0 spiro atoms. The van der Waals surface area contributed by atoms with E-state index in [0.717, 1.165) is 12.8 Å². The van der Waals surface area contributed by atoms with Crippen LogP contribution in [0.4, 0.5) is 9.59 Å². The summed E-state index contributed by atoms with van der Waals surface area (Å²) < 4.78 is 4.81. The number of aliphatic hydroxyl groups is 1. The van der Waals surface area contributed by atoms with Crippen molar-refractivity contribution in [3.63, 3.8) is 0 Å². The Morgan fingerprint density at radius 2 is 1.88 bits per heavy atom. The predicted molar refractivity (Wildman–Crippen MR) is 72.0 cm³/mol. The van der Waals surface area contributed by atoms with E-state index < -0.39 is 5.30 Å². The Balaban J connectivity index is 0.